The van der Waals surface area contributed by atoms with Gasteiger partial charge < -0.3 is 9.64 Å². The molecule has 0 saturated carbocycles. The number of hydrogen-bond donors (Lipinski definition) is 2. The molecule has 2 N–H and O–H groups in total. The van der Waals surface area contributed by atoms with Crippen LogP contribution in [0.2, 0.25) is 0 Å². The van der Waals surface area contributed by atoms with E-state index >= 15 is 0 Å². The van der Waals surface area contributed by atoms with Crippen LogP contribution in [-0.4, -0.2) is 43.6 Å². The van der Waals surface area contributed by atoms with Crippen LogP contribution in [0, 0.1) is 5.92 Å². The molecule has 1 aliphatic rings. The van der Waals surface area contributed by atoms with Gasteiger partial charge in [-0.15, -0.1) is 0 Å². The average molecular weight is 257 g/mol. The Kier molecular flexibility index (Phi) is 6.49. The number of methoxy groups -OCH3 is 1. The summed E-state index contributed by atoms with van der Waals surface area (Å²) in [5.41, 5.74) is 4.83. The van der Waals surface area contributed by atoms with Gasteiger partial charge in [-0.05, 0) is 18.8 Å². The van der Waals surface area contributed by atoms with Crippen molar-refractivity contribution in [3.63, 3.8) is 0 Å². The summed E-state index contributed by atoms with van der Waals surface area (Å²) in [5, 5.41) is 0. The third-order valence-corrected chi connectivity index (χ3v) is 3.22. The van der Waals surface area contributed by atoms with Crippen LogP contribution in [0.1, 0.15) is 32.6 Å². The minimum atomic E-state index is -0.593. The standard InChI is InChI=1S/C12H23N3O3/c1-3-4-5-10-6-7-15(9-10)11(16)8-13-14-12(17)18-2/h10,13H,3-9H2,1-2H3,(H,14,17). The molecule has 1 unspecified atom stereocenters. The van der Waals surface area contributed by atoms with Crippen molar-refractivity contribution in [2.75, 3.05) is 26.7 Å². The molecule has 18 heavy (non-hydrogen) atoms. The predicted molar refractivity (Wildman–Crippen MR) is 67.8 cm³/mol. The molecule has 104 valence electrons. The molecule has 6 nitrogen and oxygen atoms in total. The Morgan fingerprint density at radius 3 is 2.89 bits per heavy atom. The number of nitrogens with zero attached hydrogens (tertiary/aromatic N) is 1. The highest BCUT2D eigenvalue weighted by Gasteiger charge is 2.25. The van der Waals surface area contributed by atoms with Gasteiger partial charge in [-0.3, -0.25) is 10.2 Å². The lowest BCUT2D eigenvalue weighted by atomic mass is 10.0. The Hall–Kier alpha value is -1.30. The third kappa shape index (κ3) is 4.91. The zero-order valence-corrected chi connectivity index (χ0v) is 11.2. The molecule has 1 rings (SSSR count). The summed E-state index contributed by atoms with van der Waals surface area (Å²) in [6.07, 6.45) is 4.14. The molecule has 0 radical (unpaired) electrons. The molecule has 0 aromatic rings. The van der Waals surface area contributed by atoms with E-state index < -0.39 is 6.09 Å². The van der Waals surface area contributed by atoms with Crippen LogP contribution in [0.25, 0.3) is 0 Å². The molecule has 1 aliphatic heterocycles. The maximum absolute atomic E-state index is 11.8. The molecular formula is C12H23N3O3. The van der Waals surface area contributed by atoms with Gasteiger partial charge in [-0.25, -0.2) is 10.2 Å². The van der Waals surface area contributed by atoms with Gasteiger partial charge in [0.05, 0.1) is 13.7 Å². The Bertz CT molecular complexity index is 284. The number of unbranched alkanes of at least 4 members (excludes halogenated alkanes) is 1. The smallest absolute Gasteiger partial charge is 0.421 e. The van der Waals surface area contributed by atoms with Crippen molar-refractivity contribution < 1.29 is 14.3 Å². The molecule has 0 bridgehead atoms. The number of carbonyl (C=O) groups excluding carboxylic acids is 2. The van der Waals surface area contributed by atoms with Gasteiger partial charge in [0, 0.05) is 13.1 Å². The van der Waals surface area contributed by atoms with E-state index in [4.69, 9.17) is 0 Å². The van der Waals surface area contributed by atoms with E-state index in [1.807, 2.05) is 4.90 Å². The average Bonchev–Trinajstić information content (AvgIpc) is 2.84. The van der Waals surface area contributed by atoms with Crippen LogP contribution in [0.4, 0.5) is 4.79 Å². The van der Waals surface area contributed by atoms with Crippen LogP contribution in [0.15, 0.2) is 0 Å². The maximum atomic E-state index is 11.8. The second-order valence-electron chi connectivity index (χ2n) is 4.61. The van der Waals surface area contributed by atoms with Crippen molar-refractivity contribution in [1.82, 2.24) is 15.8 Å². The normalized spacial score (nSPS) is 18.8. The molecule has 0 aromatic carbocycles. The third-order valence-electron chi connectivity index (χ3n) is 3.22. The lowest BCUT2D eigenvalue weighted by Crippen LogP contribution is -2.44. The Morgan fingerprint density at radius 1 is 1.44 bits per heavy atom. The topological polar surface area (TPSA) is 70.7 Å². The first kappa shape index (κ1) is 14.8. The van der Waals surface area contributed by atoms with E-state index in [1.165, 1.54) is 26.4 Å². The van der Waals surface area contributed by atoms with Crippen molar-refractivity contribution in [1.29, 1.82) is 0 Å². The monoisotopic (exact) mass is 257 g/mol. The van der Waals surface area contributed by atoms with Gasteiger partial charge in [0.1, 0.15) is 0 Å². The van der Waals surface area contributed by atoms with Crippen molar-refractivity contribution in [3.8, 4) is 0 Å². The number of rotatable bonds is 6. The first-order valence-electron chi connectivity index (χ1n) is 6.52. The summed E-state index contributed by atoms with van der Waals surface area (Å²) in [6.45, 7) is 3.96. The van der Waals surface area contributed by atoms with Gasteiger partial charge in [0.15, 0.2) is 0 Å². The number of hydrogen-bond acceptors (Lipinski definition) is 4. The summed E-state index contributed by atoms with van der Waals surface area (Å²) in [7, 11) is 1.28. The van der Waals surface area contributed by atoms with Crippen LogP contribution >= 0.6 is 0 Å². The lowest BCUT2D eigenvalue weighted by molar-refractivity contribution is -0.129. The molecule has 2 amide bonds. The number of amides is 2. The van der Waals surface area contributed by atoms with E-state index in [9.17, 15) is 9.59 Å². The van der Waals surface area contributed by atoms with Crippen LogP contribution in [-0.2, 0) is 9.53 Å². The fourth-order valence-corrected chi connectivity index (χ4v) is 2.14. The van der Waals surface area contributed by atoms with Gasteiger partial charge in [-0.1, -0.05) is 19.8 Å². The summed E-state index contributed by atoms with van der Waals surface area (Å²) < 4.78 is 4.38. The highest BCUT2D eigenvalue weighted by molar-refractivity contribution is 5.79. The fraction of sp³-hybridized carbons (Fsp3) is 0.833. The second-order valence-corrected chi connectivity index (χ2v) is 4.61. The highest BCUT2D eigenvalue weighted by atomic mass is 16.5. The predicted octanol–water partition coefficient (Wildman–Crippen LogP) is 0.886. The number of ether oxygens (including phenoxy) is 1. The molecule has 0 aromatic heterocycles. The first-order chi connectivity index (χ1) is 8.67. The van der Waals surface area contributed by atoms with Crippen molar-refractivity contribution in [2.24, 2.45) is 5.92 Å². The highest BCUT2D eigenvalue weighted by Crippen LogP contribution is 2.21. The molecular weight excluding hydrogens is 234 g/mol. The molecule has 0 aliphatic carbocycles. The zero-order chi connectivity index (χ0) is 13.4. The van der Waals surface area contributed by atoms with Gasteiger partial charge in [-0.2, -0.15) is 0 Å². The summed E-state index contributed by atoms with van der Waals surface area (Å²) >= 11 is 0. The van der Waals surface area contributed by atoms with Gasteiger partial charge in [0.2, 0.25) is 5.91 Å². The Labute approximate surface area is 108 Å². The van der Waals surface area contributed by atoms with Crippen LogP contribution in [0.3, 0.4) is 0 Å². The van der Waals surface area contributed by atoms with Crippen molar-refractivity contribution in [2.45, 2.75) is 32.6 Å². The van der Waals surface area contributed by atoms with E-state index in [1.54, 1.807) is 0 Å². The van der Waals surface area contributed by atoms with Gasteiger partial charge >= 0.3 is 6.09 Å². The molecule has 6 heteroatoms. The minimum absolute atomic E-state index is 0.0189. The molecule has 1 saturated heterocycles. The maximum Gasteiger partial charge on any atom is 0.421 e. The molecule has 1 fully saturated rings. The fourth-order valence-electron chi connectivity index (χ4n) is 2.14. The largest absolute Gasteiger partial charge is 0.452 e. The Morgan fingerprint density at radius 2 is 2.22 bits per heavy atom. The van der Waals surface area contributed by atoms with Crippen LogP contribution in [0.5, 0.6) is 0 Å². The lowest BCUT2D eigenvalue weighted by Gasteiger charge is -2.17. The number of likely N-dealkylation sites (tertiary alicyclic amines) is 1. The summed E-state index contributed by atoms with van der Waals surface area (Å²) in [5.74, 6) is 0.660. The number of carbonyl (C=O) groups is 2. The van der Waals surface area contributed by atoms with E-state index in [0.717, 1.165) is 19.5 Å². The second kappa shape index (κ2) is 7.92. The number of nitrogens with one attached hydrogen (secondary N) is 2. The SMILES string of the molecule is CCCCC1CCN(C(=O)CNNC(=O)OC)C1. The van der Waals surface area contributed by atoms with E-state index in [2.05, 4.69) is 22.5 Å². The molecule has 1 atom stereocenters. The summed E-state index contributed by atoms with van der Waals surface area (Å²) in [4.78, 5) is 24.4. The van der Waals surface area contributed by atoms with E-state index in [-0.39, 0.29) is 12.5 Å². The van der Waals surface area contributed by atoms with Gasteiger partial charge in [0.25, 0.3) is 0 Å². The van der Waals surface area contributed by atoms with Crippen molar-refractivity contribution in [3.05, 3.63) is 0 Å². The zero-order valence-electron chi connectivity index (χ0n) is 11.2. The van der Waals surface area contributed by atoms with Crippen LogP contribution < -0.4 is 10.9 Å². The minimum Gasteiger partial charge on any atom is -0.452 e. The Balaban J connectivity index is 2.17. The molecule has 0 spiro atoms. The summed E-state index contributed by atoms with van der Waals surface area (Å²) in [6, 6.07) is 0. The number of hydrazine groups is 1. The quantitative estimate of drug-likeness (QED) is 0.693. The van der Waals surface area contributed by atoms with Crippen molar-refractivity contribution >= 4 is 12.0 Å². The first-order valence-corrected chi connectivity index (χ1v) is 6.52. The molecule has 1 heterocycles. The van der Waals surface area contributed by atoms with E-state index in [0.29, 0.717) is 5.92 Å².